The molecule has 0 spiro atoms. The summed E-state index contributed by atoms with van der Waals surface area (Å²) in [6.45, 7) is 2.15. The third-order valence-electron chi connectivity index (χ3n) is 3.50. The predicted octanol–water partition coefficient (Wildman–Crippen LogP) is 1.60. The number of carbonyl (C=O) groups is 1. The Labute approximate surface area is 124 Å². The molecular weight excluding hydrogens is 272 g/mol. The first-order chi connectivity index (χ1) is 9.68. The maximum absolute atomic E-state index is 12.3. The van der Waals surface area contributed by atoms with Crippen LogP contribution in [0, 0.1) is 5.92 Å². The van der Waals surface area contributed by atoms with Crippen LogP contribution in [0.1, 0.15) is 24.3 Å². The van der Waals surface area contributed by atoms with Crippen molar-refractivity contribution in [2.75, 3.05) is 19.8 Å². The van der Waals surface area contributed by atoms with Gasteiger partial charge in [-0.25, -0.2) is 0 Å². The summed E-state index contributed by atoms with van der Waals surface area (Å²) in [5.74, 6) is -0.305. The van der Waals surface area contributed by atoms with E-state index < -0.39 is 5.92 Å². The highest BCUT2D eigenvalue weighted by atomic mass is 32.1. The molecule has 0 aromatic heterocycles. The number of nitrogens with one attached hydrogen (secondary N) is 1. The fourth-order valence-corrected chi connectivity index (χ4v) is 2.65. The number of rotatable bonds is 5. The second kappa shape index (κ2) is 7.36. The molecule has 1 heterocycles. The Hall–Kier alpha value is -1.46. The third-order valence-corrected chi connectivity index (χ3v) is 3.73. The smallest absolute Gasteiger partial charge is 0.234 e. The van der Waals surface area contributed by atoms with Crippen molar-refractivity contribution in [1.29, 1.82) is 0 Å². The SMILES string of the molecule is NC(=S)C(C(=O)NCC1CCCOC1)c1ccccc1. The van der Waals surface area contributed by atoms with E-state index in [-0.39, 0.29) is 10.9 Å². The molecule has 1 aromatic carbocycles. The van der Waals surface area contributed by atoms with E-state index in [0.29, 0.717) is 19.1 Å². The standard InChI is InChI=1S/C15H20N2O2S/c16-14(20)13(12-6-2-1-3-7-12)15(18)17-9-11-5-4-8-19-10-11/h1-3,6-7,11,13H,4-5,8-10H2,(H2,16,20)(H,17,18). The van der Waals surface area contributed by atoms with E-state index in [4.69, 9.17) is 22.7 Å². The van der Waals surface area contributed by atoms with E-state index in [9.17, 15) is 4.79 Å². The predicted molar refractivity (Wildman–Crippen MR) is 82.5 cm³/mol. The summed E-state index contributed by atoms with van der Waals surface area (Å²) < 4.78 is 5.41. The molecule has 1 amide bonds. The van der Waals surface area contributed by atoms with Gasteiger partial charge in [-0.1, -0.05) is 42.5 Å². The van der Waals surface area contributed by atoms with Gasteiger partial charge in [0.2, 0.25) is 5.91 Å². The topological polar surface area (TPSA) is 64.4 Å². The molecule has 0 saturated carbocycles. The summed E-state index contributed by atoms with van der Waals surface area (Å²) in [5, 5.41) is 2.95. The summed E-state index contributed by atoms with van der Waals surface area (Å²) in [6, 6.07) is 9.39. The molecule has 4 nitrogen and oxygen atoms in total. The Morgan fingerprint density at radius 2 is 2.20 bits per heavy atom. The summed E-state index contributed by atoms with van der Waals surface area (Å²) in [7, 11) is 0. The minimum absolute atomic E-state index is 0.130. The molecule has 0 aliphatic carbocycles. The molecule has 0 radical (unpaired) electrons. The van der Waals surface area contributed by atoms with E-state index in [0.717, 1.165) is 25.0 Å². The average Bonchev–Trinajstić information content (AvgIpc) is 2.47. The van der Waals surface area contributed by atoms with E-state index in [1.54, 1.807) is 0 Å². The van der Waals surface area contributed by atoms with Crippen LogP contribution in [0.15, 0.2) is 30.3 Å². The molecule has 1 saturated heterocycles. The molecular formula is C15H20N2O2S. The van der Waals surface area contributed by atoms with Gasteiger partial charge in [-0.15, -0.1) is 0 Å². The fourth-order valence-electron chi connectivity index (χ4n) is 2.41. The average molecular weight is 292 g/mol. The van der Waals surface area contributed by atoms with Crippen molar-refractivity contribution in [3.8, 4) is 0 Å². The molecule has 108 valence electrons. The molecule has 1 aromatic rings. The van der Waals surface area contributed by atoms with E-state index >= 15 is 0 Å². The minimum Gasteiger partial charge on any atom is -0.392 e. The lowest BCUT2D eigenvalue weighted by molar-refractivity contribution is -0.121. The van der Waals surface area contributed by atoms with E-state index in [1.807, 2.05) is 30.3 Å². The largest absolute Gasteiger partial charge is 0.392 e. The summed E-state index contributed by atoms with van der Waals surface area (Å²) in [6.07, 6.45) is 2.14. The second-order valence-electron chi connectivity index (χ2n) is 5.07. The van der Waals surface area contributed by atoms with Gasteiger partial charge in [-0.2, -0.15) is 0 Å². The van der Waals surface area contributed by atoms with Crippen LogP contribution in [0.5, 0.6) is 0 Å². The molecule has 1 aliphatic rings. The van der Waals surface area contributed by atoms with Crippen molar-refractivity contribution in [3.63, 3.8) is 0 Å². The first kappa shape index (κ1) is 14.9. The lowest BCUT2D eigenvalue weighted by atomic mass is 9.97. The molecule has 0 bridgehead atoms. The Bertz CT molecular complexity index is 458. The molecule has 2 rings (SSSR count). The quantitative estimate of drug-likeness (QED) is 0.809. The van der Waals surface area contributed by atoms with Gasteiger partial charge in [0.1, 0.15) is 5.92 Å². The molecule has 2 atom stereocenters. The molecule has 1 aliphatic heterocycles. The van der Waals surface area contributed by atoms with Crippen molar-refractivity contribution < 1.29 is 9.53 Å². The van der Waals surface area contributed by atoms with Crippen LogP contribution in [0.4, 0.5) is 0 Å². The normalized spacial score (nSPS) is 20.1. The molecule has 2 unspecified atom stereocenters. The minimum atomic E-state index is -0.560. The van der Waals surface area contributed by atoms with E-state index in [2.05, 4.69) is 5.32 Å². The molecule has 20 heavy (non-hydrogen) atoms. The Morgan fingerprint density at radius 1 is 1.45 bits per heavy atom. The number of hydrogen-bond acceptors (Lipinski definition) is 3. The molecule has 5 heteroatoms. The Balaban J connectivity index is 1.95. The van der Waals surface area contributed by atoms with Gasteiger partial charge in [0, 0.05) is 13.2 Å². The first-order valence-electron chi connectivity index (χ1n) is 6.88. The van der Waals surface area contributed by atoms with Crippen LogP contribution in [0.3, 0.4) is 0 Å². The van der Waals surface area contributed by atoms with Crippen molar-refractivity contribution >= 4 is 23.1 Å². The van der Waals surface area contributed by atoms with Crippen molar-refractivity contribution in [2.45, 2.75) is 18.8 Å². The fraction of sp³-hybridized carbons (Fsp3) is 0.467. The number of carbonyl (C=O) groups excluding carboxylic acids is 1. The zero-order valence-corrected chi connectivity index (χ0v) is 12.2. The van der Waals surface area contributed by atoms with Gasteiger partial charge in [0.15, 0.2) is 0 Å². The Morgan fingerprint density at radius 3 is 2.80 bits per heavy atom. The van der Waals surface area contributed by atoms with E-state index in [1.165, 1.54) is 0 Å². The van der Waals surface area contributed by atoms with Crippen molar-refractivity contribution in [2.24, 2.45) is 11.7 Å². The summed E-state index contributed by atoms with van der Waals surface area (Å²) >= 11 is 5.04. The van der Waals surface area contributed by atoms with Crippen LogP contribution in [0.2, 0.25) is 0 Å². The van der Waals surface area contributed by atoms with Crippen molar-refractivity contribution in [1.82, 2.24) is 5.32 Å². The highest BCUT2D eigenvalue weighted by Crippen LogP contribution is 2.17. The van der Waals surface area contributed by atoms with Crippen LogP contribution < -0.4 is 11.1 Å². The maximum Gasteiger partial charge on any atom is 0.234 e. The van der Waals surface area contributed by atoms with Crippen LogP contribution in [-0.4, -0.2) is 30.7 Å². The number of thiocarbonyl (C=S) groups is 1. The molecule has 1 fully saturated rings. The number of ether oxygens (including phenoxy) is 1. The second-order valence-corrected chi connectivity index (χ2v) is 5.55. The van der Waals surface area contributed by atoms with Gasteiger partial charge in [0.05, 0.1) is 11.6 Å². The van der Waals surface area contributed by atoms with Gasteiger partial charge in [-0.3, -0.25) is 4.79 Å². The Kier molecular flexibility index (Phi) is 5.49. The zero-order valence-electron chi connectivity index (χ0n) is 11.4. The summed E-state index contributed by atoms with van der Waals surface area (Å²) in [4.78, 5) is 12.5. The first-order valence-corrected chi connectivity index (χ1v) is 7.29. The van der Waals surface area contributed by atoms with Gasteiger partial charge in [-0.05, 0) is 24.3 Å². The number of benzene rings is 1. The van der Waals surface area contributed by atoms with Gasteiger partial charge >= 0.3 is 0 Å². The lowest BCUT2D eigenvalue weighted by Gasteiger charge is -2.23. The number of nitrogens with two attached hydrogens (primary N) is 1. The number of amides is 1. The van der Waals surface area contributed by atoms with Gasteiger partial charge < -0.3 is 15.8 Å². The van der Waals surface area contributed by atoms with Crippen LogP contribution in [0.25, 0.3) is 0 Å². The van der Waals surface area contributed by atoms with Gasteiger partial charge in [0.25, 0.3) is 0 Å². The maximum atomic E-state index is 12.3. The number of hydrogen-bond donors (Lipinski definition) is 2. The monoisotopic (exact) mass is 292 g/mol. The zero-order chi connectivity index (χ0) is 14.4. The summed E-state index contributed by atoms with van der Waals surface area (Å²) in [5.41, 5.74) is 6.56. The highest BCUT2D eigenvalue weighted by Gasteiger charge is 2.24. The molecule has 3 N–H and O–H groups in total. The highest BCUT2D eigenvalue weighted by molar-refractivity contribution is 7.80. The van der Waals surface area contributed by atoms with Crippen LogP contribution >= 0.6 is 12.2 Å². The van der Waals surface area contributed by atoms with Crippen LogP contribution in [-0.2, 0) is 9.53 Å². The lowest BCUT2D eigenvalue weighted by Crippen LogP contribution is -2.39. The third kappa shape index (κ3) is 4.02. The van der Waals surface area contributed by atoms with Crippen molar-refractivity contribution in [3.05, 3.63) is 35.9 Å².